The maximum Gasteiger partial charge on any atom is 0.0561 e. The third kappa shape index (κ3) is 3.82. The van der Waals surface area contributed by atoms with Gasteiger partial charge in [0, 0.05) is 10.9 Å². The van der Waals surface area contributed by atoms with E-state index in [1.165, 1.54) is 104 Å². The van der Waals surface area contributed by atoms with E-state index in [0.29, 0.717) is 0 Å². The lowest BCUT2D eigenvalue weighted by molar-refractivity contribution is 0.946. The second-order valence-electron chi connectivity index (χ2n) is 13.6. The summed E-state index contributed by atoms with van der Waals surface area (Å²) < 4.78 is 0. The lowest BCUT2D eigenvalue weighted by atomic mass is 9.81. The minimum Gasteiger partial charge on any atom is -0.377 e. The number of allylic oxidation sites excluding steroid dienone is 2. The molecule has 0 aromatic heterocycles. The normalized spacial score (nSPS) is 15.5. The number of rotatable bonds is 2. The van der Waals surface area contributed by atoms with E-state index >= 15 is 0 Å². The van der Waals surface area contributed by atoms with Gasteiger partial charge in [-0.1, -0.05) is 158 Å². The van der Waals surface area contributed by atoms with Gasteiger partial charge in [-0.2, -0.15) is 0 Å². The molecule has 0 saturated carbocycles. The molecule has 9 aromatic rings. The van der Waals surface area contributed by atoms with Crippen molar-refractivity contribution in [2.24, 2.45) is 0 Å². The Hall–Kier alpha value is -6.18. The molecule has 1 aliphatic heterocycles. The SMILES string of the molecule is C1=C(c2c3ccccc3c(-c3ccc4ccc5ccccc5c4c3)c3ccccc23)CC2Nc3c(c4ccccc4c4ccccc34)C2=C1. The fraction of sp³-hybridized carbons (Fsp3) is 0.0417. The fourth-order valence-electron chi connectivity index (χ4n) is 8.98. The Bertz CT molecular complexity index is 2880. The van der Waals surface area contributed by atoms with Gasteiger partial charge in [0.15, 0.2) is 0 Å². The molecule has 0 bridgehead atoms. The van der Waals surface area contributed by atoms with Crippen LogP contribution in [0.2, 0.25) is 0 Å². The molecular weight excluding hydrogens is 591 g/mol. The molecule has 11 rings (SSSR count). The summed E-state index contributed by atoms with van der Waals surface area (Å²) in [5, 5.41) is 19.7. The molecule has 0 amide bonds. The molecule has 1 heteroatoms. The van der Waals surface area contributed by atoms with Crippen molar-refractivity contribution in [1.82, 2.24) is 0 Å². The molecule has 1 aliphatic carbocycles. The zero-order valence-electron chi connectivity index (χ0n) is 26.9. The highest BCUT2D eigenvalue weighted by molar-refractivity contribution is 6.23. The molecule has 228 valence electrons. The second kappa shape index (κ2) is 10.2. The van der Waals surface area contributed by atoms with Gasteiger partial charge in [-0.15, -0.1) is 0 Å². The minimum atomic E-state index is 0.218. The monoisotopic (exact) mass is 621 g/mol. The largest absolute Gasteiger partial charge is 0.377 e. The molecule has 0 saturated heterocycles. The molecule has 2 aliphatic rings. The van der Waals surface area contributed by atoms with Crippen molar-refractivity contribution in [3.63, 3.8) is 0 Å². The van der Waals surface area contributed by atoms with Crippen LogP contribution in [0.3, 0.4) is 0 Å². The molecule has 1 heterocycles. The topological polar surface area (TPSA) is 12.0 Å². The highest BCUT2D eigenvalue weighted by Gasteiger charge is 2.33. The summed E-state index contributed by atoms with van der Waals surface area (Å²) in [6.07, 6.45) is 5.73. The number of anilines is 1. The number of nitrogens with one attached hydrogen (secondary N) is 1. The lowest BCUT2D eigenvalue weighted by Gasteiger charge is -2.24. The molecule has 1 unspecified atom stereocenters. The average Bonchev–Trinajstić information content (AvgIpc) is 3.56. The van der Waals surface area contributed by atoms with E-state index in [1.807, 2.05) is 0 Å². The van der Waals surface area contributed by atoms with E-state index in [0.717, 1.165) is 6.42 Å². The standard InChI is InChI=1S/C48H31N/c1-2-12-33-29(11-1)21-22-30-23-24-31(27-43(30)33)45-37-16-6-8-18-39(37)46(40-19-9-7-17-38(40)45)32-25-26-42-44(28-32)49-48-41-20-10-4-14-35(41)34-13-3-5-15-36(34)47(42)48/h1-27,44,49H,28H2. The van der Waals surface area contributed by atoms with Crippen LogP contribution in [0.4, 0.5) is 5.69 Å². The Morgan fingerprint density at radius 2 is 0.878 bits per heavy atom. The summed E-state index contributed by atoms with van der Waals surface area (Å²) in [4.78, 5) is 0. The van der Waals surface area contributed by atoms with Crippen molar-refractivity contribution in [3.05, 3.63) is 175 Å². The van der Waals surface area contributed by atoms with Gasteiger partial charge in [0.25, 0.3) is 0 Å². The first-order valence-electron chi connectivity index (χ1n) is 17.3. The Balaban J connectivity index is 1.14. The molecule has 1 atom stereocenters. The average molecular weight is 622 g/mol. The summed E-state index contributed by atoms with van der Waals surface area (Å²) in [6.45, 7) is 0. The van der Waals surface area contributed by atoms with Crippen molar-refractivity contribution in [3.8, 4) is 11.1 Å². The molecule has 49 heavy (non-hydrogen) atoms. The van der Waals surface area contributed by atoms with Crippen LogP contribution in [0, 0.1) is 0 Å². The smallest absolute Gasteiger partial charge is 0.0561 e. The Morgan fingerprint density at radius 3 is 1.55 bits per heavy atom. The van der Waals surface area contributed by atoms with Crippen molar-refractivity contribution in [2.45, 2.75) is 12.5 Å². The maximum atomic E-state index is 4.03. The third-order valence-corrected chi connectivity index (χ3v) is 11.1. The van der Waals surface area contributed by atoms with Gasteiger partial charge in [-0.3, -0.25) is 0 Å². The van der Waals surface area contributed by atoms with Crippen LogP contribution >= 0.6 is 0 Å². The fourth-order valence-corrected chi connectivity index (χ4v) is 8.98. The lowest BCUT2D eigenvalue weighted by Crippen LogP contribution is -2.17. The van der Waals surface area contributed by atoms with Crippen LogP contribution in [-0.2, 0) is 0 Å². The van der Waals surface area contributed by atoms with Gasteiger partial charge in [0.2, 0.25) is 0 Å². The van der Waals surface area contributed by atoms with E-state index in [-0.39, 0.29) is 6.04 Å². The van der Waals surface area contributed by atoms with Gasteiger partial charge < -0.3 is 5.32 Å². The van der Waals surface area contributed by atoms with E-state index in [9.17, 15) is 0 Å². The van der Waals surface area contributed by atoms with Gasteiger partial charge in [-0.25, -0.2) is 0 Å². The van der Waals surface area contributed by atoms with Gasteiger partial charge >= 0.3 is 0 Å². The molecule has 9 aromatic carbocycles. The number of hydrogen-bond acceptors (Lipinski definition) is 1. The predicted molar refractivity (Wildman–Crippen MR) is 211 cm³/mol. The number of fused-ring (bicyclic) bond motifs is 13. The van der Waals surface area contributed by atoms with E-state index in [2.05, 4.69) is 169 Å². The van der Waals surface area contributed by atoms with Crippen molar-refractivity contribution < 1.29 is 0 Å². The van der Waals surface area contributed by atoms with E-state index < -0.39 is 0 Å². The number of benzene rings is 9. The highest BCUT2D eigenvalue weighted by Crippen LogP contribution is 2.51. The molecule has 1 N–H and O–H groups in total. The molecule has 1 nitrogen and oxygen atoms in total. The van der Waals surface area contributed by atoms with Gasteiger partial charge in [-0.05, 0) is 99.6 Å². The molecule has 0 radical (unpaired) electrons. The minimum absolute atomic E-state index is 0.218. The van der Waals surface area contributed by atoms with Crippen LogP contribution in [0.1, 0.15) is 17.5 Å². The first kappa shape index (κ1) is 26.8. The first-order chi connectivity index (χ1) is 24.3. The summed E-state index contributed by atoms with van der Waals surface area (Å²) in [7, 11) is 0. The van der Waals surface area contributed by atoms with Crippen molar-refractivity contribution in [1.29, 1.82) is 0 Å². The zero-order valence-corrected chi connectivity index (χ0v) is 26.9. The summed E-state index contributed by atoms with van der Waals surface area (Å²) in [6, 6.07) is 56.3. The van der Waals surface area contributed by atoms with E-state index in [4.69, 9.17) is 0 Å². The van der Waals surface area contributed by atoms with Crippen molar-refractivity contribution in [2.75, 3.05) is 5.32 Å². The van der Waals surface area contributed by atoms with E-state index in [1.54, 1.807) is 0 Å². The molecule has 0 fully saturated rings. The Kier molecular flexibility index (Phi) is 5.57. The van der Waals surface area contributed by atoms with Crippen molar-refractivity contribution >= 4 is 81.5 Å². The van der Waals surface area contributed by atoms with Crippen LogP contribution < -0.4 is 5.32 Å². The third-order valence-electron chi connectivity index (χ3n) is 11.1. The number of hydrogen-bond donors (Lipinski definition) is 1. The highest BCUT2D eigenvalue weighted by atomic mass is 15.0. The second-order valence-corrected chi connectivity index (χ2v) is 13.6. The van der Waals surface area contributed by atoms with Crippen LogP contribution in [0.15, 0.2) is 164 Å². The maximum absolute atomic E-state index is 4.03. The zero-order chi connectivity index (χ0) is 32.1. The van der Waals surface area contributed by atoms with Crippen LogP contribution in [-0.4, -0.2) is 6.04 Å². The summed E-state index contributed by atoms with van der Waals surface area (Å²) in [5.41, 5.74) is 9.33. The first-order valence-corrected chi connectivity index (χ1v) is 17.3. The van der Waals surface area contributed by atoms with Gasteiger partial charge in [0.05, 0.1) is 11.7 Å². The van der Waals surface area contributed by atoms with Gasteiger partial charge in [0.1, 0.15) is 0 Å². The Morgan fingerprint density at radius 1 is 0.388 bits per heavy atom. The quantitative estimate of drug-likeness (QED) is 0.150. The predicted octanol–water partition coefficient (Wildman–Crippen LogP) is 12.9. The Labute approximate surface area is 284 Å². The van der Waals surface area contributed by atoms with Crippen LogP contribution in [0.25, 0.3) is 86.9 Å². The summed E-state index contributed by atoms with van der Waals surface area (Å²) >= 11 is 0. The molecular formula is C48H31N. The summed E-state index contributed by atoms with van der Waals surface area (Å²) in [5.74, 6) is 0. The molecule has 0 spiro atoms. The van der Waals surface area contributed by atoms with Crippen LogP contribution in [0.5, 0.6) is 0 Å².